The van der Waals surface area contributed by atoms with Crippen molar-refractivity contribution in [1.29, 1.82) is 0 Å². The maximum atomic E-state index is 11.0. The molecule has 15 heavy (non-hydrogen) atoms. The van der Waals surface area contributed by atoms with E-state index in [0.29, 0.717) is 25.4 Å². The summed E-state index contributed by atoms with van der Waals surface area (Å²) in [4.78, 5) is 15.2. The molecule has 0 amide bonds. The molecule has 0 aromatic carbocycles. The van der Waals surface area contributed by atoms with Gasteiger partial charge in [-0.05, 0) is 19.1 Å². The van der Waals surface area contributed by atoms with E-state index < -0.39 is 0 Å². The van der Waals surface area contributed by atoms with Gasteiger partial charge in [0.25, 0.3) is 0 Å². The number of aromatic nitrogens is 1. The summed E-state index contributed by atoms with van der Waals surface area (Å²) >= 11 is 0. The third-order valence-corrected chi connectivity index (χ3v) is 2.34. The highest BCUT2D eigenvalue weighted by Crippen LogP contribution is 2.18. The second-order valence-electron chi connectivity index (χ2n) is 3.46. The molecule has 1 aliphatic heterocycles. The van der Waals surface area contributed by atoms with Crippen molar-refractivity contribution in [3.05, 3.63) is 29.6 Å². The van der Waals surface area contributed by atoms with Gasteiger partial charge >= 0.3 is 0 Å². The van der Waals surface area contributed by atoms with Crippen molar-refractivity contribution < 1.29 is 14.3 Å². The Kier molecular flexibility index (Phi) is 3.08. The van der Waals surface area contributed by atoms with Crippen LogP contribution in [0.25, 0.3) is 0 Å². The van der Waals surface area contributed by atoms with E-state index in [1.165, 1.54) is 6.92 Å². The van der Waals surface area contributed by atoms with E-state index in [0.717, 1.165) is 5.69 Å². The molecule has 1 fully saturated rings. The molecular weight excluding hydrogens is 194 g/mol. The van der Waals surface area contributed by atoms with Crippen LogP contribution < -0.4 is 0 Å². The third kappa shape index (κ3) is 2.40. The van der Waals surface area contributed by atoms with Gasteiger partial charge in [-0.15, -0.1) is 0 Å². The van der Waals surface area contributed by atoms with Gasteiger partial charge in [0.05, 0.1) is 25.5 Å². The zero-order chi connectivity index (χ0) is 10.7. The van der Waals surface area contributed by atoms with Gasteiger partial charge in [-0.3, -0.25) is 9.78 Å². The largest absolute Gasteiger partial charge is 0.376 e. The normalized spacial score (nSPS) is 21.3. The summed E-state index contributed by atoms with van der Waals surface area (Å²) in [6.07, 6.45) is 1.48. The predicted molar refractivity (Wildman–Crippen MR) is 53.8 cm³/mol. The Morgan fingerprint density at radius 2 is 2.33 bits per heavy atom. The van der Waals surface area contributed by atoms with E-state index in [2.05, 4.69) is 4.98 Å². The standard InChI is InChI=1S/C11H13NO3/c1-8(13)9-2-3-10(12-6-9)11-7-14-4-5-15-11/h2-3,6,11H,4-5,7H2,1H3. The van der Waals surface area contributed by atoms with E-state index in [1.54, 1.807) is 12.3 Å². The molecule has 0 spiro atoms. The van der Waals surface area contributed by atoms with Gasteiger partial charge < -0.3 is 9.47 Å². The fourth-order valence-corrected chi connectivity index (χ4v) is 1.46. The van der Waals surface area contributed by atoms with Gasteiger partial charge in [-0.25, -0.2) is 0 Å². The van der Waals surface area contributed by atoms with Gasteiger partial charge in [0.1, 0.15) is 6.10 Å². The summed E-state index contributed by atoms with van der Waals surface area (Å²) in [5.41, 5.74) is 1.44. The average molecular weight is 207 g/mol. The first-order chi connectivity index (χ1) is 7.27. The van der Waals surface area contributed by atoms with E-state index in [1.807, 2.05) is 6.07 Å². The number of hydrogen-bond donors (Lipinski definition) is 0. The summed E-state index contributed by atoms with van der Waals surface area (Å²) in [5.74, 6) is 0.0230. The Labute approximate surface area is 88.2 Å². The monoisotopic (exact) mass is 207 g/mol. The Morgan fingerprint density at radius 3 is 2.87 bits per heavy atom. The fraction of sp³-hybridized carbons (Fsp3) is 0.455. The third-order valence-electron chi connectivity index (χ3n) is 2.34. The molecule has 2 rings (SSSR count). The number of carbonyl (C=O) groups excluding carboxylic acids is 1. The van der Waals surface area contributed by atoms with Crippen LogP contribution in [0.15, 0.2) is 18.3 Å². The maximum Gasteiger partial charge on any atom is 0.161 e. The molecule has 1 unspecified atom stereocenters. The first-order valence-electron chi connectivity index (χ1n) is 4.93. The summed E-state index contributed by atoms with van der Waals surface area (Å²) < 4.78 is 10.8. The Morgan fingerprint density at radius 1 is 1.47 bits per heavy atom. The van der Waals surface area contributed by atoms with E-state index in [9.17, 15) is 4.79 Å². The van der Waals surface area contributed by atoms with Crippen molar-refractivity contribution in [2.75, 3.05) is 19.8 Å². The molecule has 1 aliphatic rings. The molecule has 0 N–H and O–H groups in total. The highest BCUT2D eigenvalue weighted by molar-refractivity contribution is 5.93. The van der Waals surface area contributed by atoms with Crippen LogP contribution in [-0.2, 0) is 9.47 Å². The van der Waals surface area contributed by atoms with Crippen LogP contribution in [0.4, 0.5) is 0 Å². The van der Waals surface area contributed by atoms with Crippen LogP contribution in [0, 0.1) is 0 Å². The van der Waals surface area contributed by atoms with Gasteiger partial charge in [-0.2, -0.15) is 0 Å². The zero-order valence-electron chi connectivity index (χ0n) is 8.60. The summed E-state index contributed by atoms with van der Waals surface area (Å²) in [6, 6.07) is 3.58. The average Bonchev–Trinajstić information content (AvgIpc) is 2.30. The maximum absolute atomic E-state index is 11.0. The number of ketones is 1. The SMILES string of the molecule is CC(=O)c1ccc(C2COCCO2)nc1. The lowest BCUT2D eigenvalue weighted by atomic mass is 10.1. The lowest BCUT2D eigenvalue weighted by molar-refractivity contribution is -0.0917. The van der Waals surface area contributed by atoms with Gasteiger partial charge in [0, 0.05) is 11.8 Å². The summed E-state index contributed by atoms with van der Waals surface area (Å²) in [7, 11) is 0. The lowest BCUT2D eigenvalue weighted by Crippen LogP contribution is -2.22. The molecule has 0 radical (unpaired) electrons. The van der Waals surface area contributed by atoms with Crippen LogP contribution in [0.3, 0.4) is 0 Å². The first kappa shape index (κ1) is 10.3. The van der Waals surface area contributed by atoms with Crippen molar-refractivity contribution in [3.63, 3.8) is 0 Å². The number of carbonyl (C=O) groups is 1. The quantitative estimate of drug-likeness (QED) is 0.687. The highest BCUT2D eigenvalue weighted by atomic mass is 16.6. The molecule has 1 atom stereocenters. The molecule has 0 bridgehead atoms. The zero-order valence-corrected chi connectivity index (χ0v) is 8.60. The highest BCUT2D eigenvalue weighted by Gasteiger charge is 2.17. The van der Waals surface area contributed by atoms with Crippen molar-refractivity contribution in [3.8, 4) is 0 Å². The topological polar surface area (TPSA) is 48.4 Å². The number of rotatable bonds is 2. The molecule has 2 heterocycles. The Bertz CT molecular complexity index is 341. The van der Waals surface area contributed by atoms with Crippen LogP contribution in [-0.4, -0.2) is 30.6 Å². The summed E-state index contributed by atoms with van der Waals surface area (Å²) in [6.45, 7) is 3.30. The minimum atomic E-state index is -0.0974. The van der Waals surface area contributed by atoms with Crippen molar-refractivity contribution in [2.45, 2.75) is 13.0 Å². The number of Topliss-reactive ketones (excluding diaryl/α,β-unsaturated/α-hetero) is 1. The number of pyridine rings is 1. The molecular formula is C11H13NO3. The van der Waals surface area contributed by atoms with Gasteiger partial charge in [-0.1, -0.05) is 0 Å². The smallest absolute Gasteiger partial charge is 0.161 e. The molecule has 1 aromatic rings. The first-order valence-corrected chi connectivity index (χ1v) is 4.93. The van der Waals surface area contributed by atoms with Crippen LogP contribution in [0.5, 0.6) is 0 Å². The van der Waals surface area contributed by atoms with E-state index in [4.69, 9.17) is 9.47 Å². The number of hydrogen-bond acceptors (Lipinski definition) is 4. The molecule has 1 aromatic heterocycles. The van der Waals surface area contributed by atoms with Crippen molar-refractivity contribution in [1.82, 2.24) is 4.98 Å². The van der Waals surface area contributed by atoms with E-state index in [-0.39, 0.29) is 11.9 Å². The minimum Gasteiger partial charge on any atom is -0.376 e. The minimum absolute atomic E-state index is 0.0230. The summed E-state index contributed by atoms with van der Waals surface area (Å²) in [5, 5.41) is 0. The molecule has 0 aliphatic carbocycles. The second kappa shape index (κ2) is 4.51. The number of ether oxygens (including phenoxy) is 2. The van der Waals surface area contributed by atoms with Crippen molar-refractivity contribution in [2.24, 2.45) is 0 Å². The van der Waals surface area contributed by atoms with Crippen LogP contribution in [0.1, 0.15) is 29.1 Å². The van der Waals surface area contributed by atoms with Crippen molar-refractivity contribution >= 4 is 5.78 Å². The molecule has 4 heteroatoms. The van der Waals surface area contributed by atoms with E-state index >= 15 is 0 Å². The van der Waals surface area contributed by atoms with Gasteiger partial charge in [0.15, 0.2) is 5.78 Å². The molecule has 80 valence electrons. The second-order valence-corrected chi connectivity index (χ2v) is 3.46. The fourth-order valence-electron chi connectivity index (χ4n) is 1.46. The van der Waals surface area contributed by atoms with Gasteiger partial charge in [0.2, 0.25) is 0 Å². The van der Waals surface area contributed by atoms with Crippen LogP contribution >= 0.6 is 0 Å². The Balaban J connectivity index is 2.11. The lowest BCUT2D eigenvalue weighted by Gasteiger charge is -2.22. The molecule has 1 saturated heterocycles. The Hall–Kier alpha value is -1.26. The molecule has 0 saturated carbocycles. The molecule has 4 nitrogen and oxygen atoms in total. The number of nitrogens with zero attached hydrogens (tertiary/aromatic N) is 1. The van der Waals surface area contributed by atoms with Crippen LogP contribution in [0.2, 0.25) is 0 Å². The predicted octanol–water partition coefficient (Wildman–Crippen LogP) is 1.37.